The molecule has 2 N–H and O–H groups in total. The van der Waals surface area contributed by atoms with Gasteiger partial charge in [0.1, 0.15) is 0 Å². The number of carbonyl (C=O) groups excluding carboxylic acids is 1. The summed E-state index contributed by atoms with van der Waals surface area (Å²) >= 11 is 0. The van der Waals surface area contributed by atoms with Crippen molar-refractivity contribution in [3.05, 3.63) is 101 Å². The molecule has 0 saturated carbocycles. The Kier molecular flexibility index (Phi) is 9.24. The van der Waals surface area contributed by atoms with E-state index in [0.29, 0.717) is 0 Å². The van der Waals surface area contributed by atoms with E-state index in [2.05, 4.69) is 97.0 Å². The third-order valence-corrected chi connectivity index (χ3v) is 7.56. The summed E-state index contributed by atoms with van der Waals surface area (Å²) < 4.78 is 0. The van der Waals surface area contributed by atoms with Crippen molar-refractivity contribution < 1.29 is 4.79 Å². The maximum absolute atomic E-state index is 12.9. The zero-order valence-electron chi connectivity index (χ0n) is 23.8. The molecule has 1 heterocycles. The quantitative estimate of drug-likeness (QED) is 0.365. The Balaban J connectivity index is 1.55. The van der Waals surface area contributed by atoms with Crippen LogP contribution < -0.4 is 10.6 Å². The molecule has 3 aromatic carbocycles. The summed E-state index contributed by atoms with van der Waals surface area (Å²) in [7, 11) is 0. The van der Waals surface area contributed by atoms with Gasteiger partial charge in [0.25, 0.3) is 5.91 Å². The van der Waals surface area contributed by atoms with Crippen LogP contribution in [-0.4, -0.2) is 55.0 Å². The van der Waals surface area contributed by atoms with E-state index in [1.165, 1.54) is 22.3 Å². The van der Waals surface area contributed by atoms with E-state index in [4.69, 9.17) is 0 Å². The molecule has 4 rings (SSSR count). The van der Waals surface area contributed by atoms with Gasteiger partial charge < -0.3 is 15.5 Å². The molecule has 1 amide bonds. The molecule has 1 fully saturated rings. The smallest absolute Gasteiger partial charge is 0.253 e. The van der Waals surface area contributed by atoms with E-state index < -0.39 is 0 Å². The number of hydrogen-bond acceptors (Lipinski definition) is 4. The first-order valence-corrected chi connectivity index (χ1v) is 14.1. The lowest BCUT2D eigenvalue weighted by molar-refractivity contribution is 0.0773. The molecule has 3 aromatic rings. The SMILES string of the molecule is CCN(CC)C(=O)c1ccc(C(c2cccc(NCc3ccc(C(C)(C)C)cc3)c2)N2CCNCC2)cc1. The second-order valence-corrected chi connectivity index (χ2v) is 11.2. The topological polar surface area (TPSA) is 47.6 Å². The molecule has 1 unspecified atom stereocenters. The minimum absolute atomic E-state index is 0.0991. The van der Waals surface area contributed by atoms with Gasteiger partial charge in [-0.05, 0) is 65.8 Å². The van der Waals surface area contributed by atoms with Gasteiger partial charge in [-0.1, -0.05) is 69.3 Å². The van der Waals surface area contributed by atoms with Crippen LogP contribution in [0.2, 0.25) is 0 Å². The van der Waals surface area contributed by atoms with Crippen molar-refractivity contribution in [2.75, 3.05) is 44.6 Å². The number of anilines is 1. The second-order valence-electron chi connectivity index (χ2n) is 11.2. The van der Waals surface area contributed by atoms with Crippen LogP contribution in [0.25, 0.3) is 0 Å². The van der Waals surface area contributed by atoms with Gasteiger partial charge in [-0.25, -0.2) is 0 Å². The van der Waals surface area contributed by atoms with Crippen molar-refractivity contribution in [3.63, 3.8) is 0 Å². The Morgan fingerprint density at radius 3 is 2.18 bits per heavy atom. The fourth-order valence-corrected chi connectivity index (χ4v) is 5.20. The van der Waals surface area contributed by atoms with Crippen molar-refractivity contribution in [1.29, 1.82) is 0 Å². The number of piperazine rings is 1. The monoisotopic (exact) mass is 512 g/mol. The molecule has 1 aliphatic heterocycles. The Morgan fingerprint density at radius 1 is 0.921 bits per heavy atom. The zero-order chi connectivity index (χ0) is 27.1. The van der Waals surface area contributed by atoms with E-state index in [-0.39, 0.29) is 17.4 Å². The lowest BCUT2D eigenvalue weighted by Gasteiger charge is -2.36. The maximum atomic E-state index is 12.9. The molecule has 38 heavy (non-hydrogen) atoms. The van der Waals surface area contributed by atoms with Gasteiger partial charge in [-0.3, -0.25) is 9.69 Å². The maximum Gasteiger partial charge on any atom is 0.253 e. The molecule has 5 nitrogen and oxygen atoms in total. The highest BCUT2D eigenvalue weighted by atomic mass is 16.2. The first-order valence-electron chi connectivity index (χ1n) is 14.1. The number of rotatable bonds is 9. The van der Waals surface area contributed by atoms with Crippen molar-refractivity contribution >= 4 is 11.6 Å². The summed E-state index contributed by atoms with van der Waals surface area (Å²) in [6.07, 6.45) is 0. The molecule has 5 heteroatoms. The van der Waals surface area contributed by atoms with Gasteiger partial charge in [-0.15, -0.1) is 0 Å². The normalized spacial score (nSPS) is 15.2. The van der Waals surface area contributed by atoms with Crippen LogP contribution in [0.4, 0.5) is 5.69 Å². The van der Waals surface area contributed by atoms with E-state index in [0.717, 1.165) is 57.1 Å². The minimum Gasteiger partial charge on any atom is -0.381 e. The van der Waals surface area contributed by atoms with E-state index in [1.807, 2.05) is 30.9 Å². The van der Waals surface area contributed by atoms with E-state index in [9.17, 15) is 4.79 Å². The van der Waals surface area contributed by atoms with Gasteiger partial charge in [0.05, 0.1) is 6.04 Å². The van der Waals surface area contributed by atoms with E-state index in [1.54, 1.807) is 0 Å². The zero-order valence-corrected chi connectivity index (χ0v) is 23.8. The van der Waals surface area contributed by atoms with Crippen LogP contribution in [0, 0.1) is 0 Å². The molecule has 0 aliphatic carbocycles. The molecular formula is C33H44N4O. The van der Waals surface area contributed by atoms with Crippen molar-refractivity contribution in [2.24, 2.45) is 0 Å². The fourth-order valence-electron chi connectivity index (χ4n) is 5.20. The second kappa shape index (κ2) is 12.6. The van der Waals surface area contributed by atoms with Crippen LogP contribution in [0.1, 0.15) is 73.3 Å². The summed E-state index contributed by atoms with van der Waals surface area (Å²) in [5.74, 6) is 0.0991. The van der Waals surface area contributed by atoms with Gasteiger partial charge in [0, 0.05) is 57.1 Å². The Hall–Kier alpha value is -3.15. The third kappa shape index (κ3) is 6.83. The predicted octanol–water partition coefficient (Wildman–Crippen LogP) is 6.07. The first kappa shape index (κ1) is 27.9. The highest BCUT2D eigenvalue weighted by Gasteiger charge is 2.25. The molecule has 1 atom stereocenters. The molecule has 1 saturated heterocycles. The largest absolute Gasteiger partial charge is 0.381 e. The summed E-state index contributed by atoms with van der Waals surface area (Å²) in [5, 5.41) is 7.12. The van der Waals surface area contributed by atoms with E-state index >= 15 is 0 Å². The minimum atomic E-state index is 0.0991. The highest BCUT2D eigenvalue weighted by molar-refractivity contribution is 5.94. The van der Waals surface area contributed by atoms with Crippen LogP contribution in [0.5, 0.6) is 0 Å². The first-order chi connectivity index (χ1) is 18.3. The lowest BCUT2D eigenvalue weighted by atomic mass is 9.87. The molecular weight excluding hydrogens is 468 g/mol. The molecule has 202 valence electrons. The Labute approximate surface area is 229 Å². The third-order valence-electron chi connectivity index (χ3n) is 7.56. The predicted molar refractivity (Wildman–Crippen MR) is 159 cm³/mol. The average molecular weight is 513 g/mol. The summed E-state index contributed by atoms with van der Waals surface area (Å²) in [5.41, 5.74) is 7.15. The lowest BCUT2D eigenvalue weighted by Crippen LogP contribution is -2.45. The summed E-state index contributed by atoms with van der Waals surface area (Å²) in [6.45, 7) is 17.0. The van der Waals surface area contributed by atoms with Crippen LogP contribution in [0.3, 0.4) is 0 Å². The van der Waals surface area contributed by atoms with Crippen molar-refractivity contribution in [2.45, 2.75) is 52.6 Å². The highest BCUT2D eigenvalue weighted by Crippen LogP contribution is 2.31. The number of hydrogen-bond donors (Lipinski definition) is 2. The molecule has 0 aromatic heterocycles. The van der Waals surface area contributed by atoms with Crippen molar-refractivity contribution in [3.8, 4) is 0 Å². The Morgan fingerprint density at radius 2 is 1.58 bits per heavy atom. The molecule has 0 radical (unpaired) electrons. The molecule has 0 spiro atoms. The van der Waals surface area contributed by atoms with Crippen LogP contribution >= 0.6 is 0 Å². The van der Waals surface area contributed by atoms with Gasteiger partial charge in [0.15, 0.2) is 0 Å². The van der Waals surface area contributed by atoms with Gasteiger partial charge in [-0.2, -0.15) is 0 Å². The fraction of sp³-hybridized carbons (Fsp3) is 0.424. The van der Waals surface area contributed by atoms with Crippen LogP contribution in [-0.2, 0) is 12.0 Å². The number of amides is 1. The van der Waals surface area contributed by atoms with Gasteiger partial charge in [0.2, 0.25) is 0 Å². The van der Waals surface area contributed by atoms with Crippen molar-refractivity contribution in [1.82, 2.24) is 15.1 Å². The number of carbonyl (C=O) groups is 1. The number of nitrogens with zero attached hydrogens (tertiary/aromatic N) is 2. The molecule has 1 aliphatic rings. The number of benzene rings is 3. The number of nitrogens with one attached hydrogen (secondary N) is 2. The van der Waals surface area contributed by atoms with Crippen LogP contribution in [0.15, 0.2) is 72.8 Å². The Bertz CT molecular complexity index is 1170. The summed E-state index contributed by atoms with van der Waals surface area (Å²) in [6, 6.07) is 26.1. The standard InChI is InChI=1S/C33H44N4O/c1-6-36(7-2)32(38)27-15-13-26(14-16-27)31(37-21-19-34-20-22-37)28-9-8-10-30(23-28)35-24-25-11-17-29(18-12-25)33(3,4)5/h8-18,23,31,34-35H,6-7,19-22,24H2,1-5H3. The van der Waals surface area contributed by atoms with Gasteiger partial charge >= 0.3 is 0 Å². The average Bonchev–Trinajstić information content (AvgIpc) is 2.94. The molecule has 0 bridgehead atoms. The summed E-state index contributed by atoms with van der Waals surface area (Å²) in [4.78, 5) is 17.3.